The van der Waals surface area contributed by atoms with Gasteiger partial charge in [0.15, 0.2) is 5.41 Å². The van der Waals surface area contributed by atoms with Crippen LogP contribution in [0.1, 0.15) is 97.3 Å². The standard InChI is InChI=1S/C36H49NO7/c1-8-41-31(38)27-24-28(30(26-20-15-12-16-21-26)44-37-34(4,5)22-17-23-35(37,6)7)36(32(39)42-9-2,33(40)43-10-3)29(27)25-18-13-11-14-19-25/h11-16,18-21,27-30H,8-10,17,22-24H2,1-7H3/t27-,28+,29+,30-/m0/s1. The molecule has 8 nitrogen and oxygen atoms in total. The summed E-state index contributed by atoms with van der Waals surface area (Å²) in [6.07, 6.45) is 2.26. The van der Waals surface area contributed by atoms with Gasteiger partial charge in [0.1, 0.15) is 6.10 Å². The average molecular weight is 608 g/mol. The van der Waals surface area contributed by atoms with Crippen molar-refractivity contribution in [1.29, 1.82) is 0 Å². The molecule has 1 aliphatic carbocycles. The quantitative estimate of drug-likeness (QED) is 0.157. The van der Waals surface area contributed by atoms with Gasteiger partial charge in [0.25, 0.3) is 0 Å². The van der Waals surface area contributed by atoms with Gasteiger partial charge in [-0.2, -0.15) is 5.06 Å². The molecule has 2 aromatic carbocycles. The number of hydrogen-bond acceptors (Lipinski definition) is 8. The molecule has 1 saturated heterocycles. The van der Waals surface area contributed by atoms with Crippen molar-refractivity contribution in [3.8, 4) is 0 Å². The molecule has 0 unspecified atom stereocenters. The summed E-state index contributed by atoms with van der Waals surface area (Å²) in [6, 6.07) is 18.9. The molecule has 0 aromatic heterocycles. The largest absolute Gasteiger partial charge is 0.466 e. The number of hydroxylamine groups is 2. The number of nitrogens with zero attached hydrogens (tertiary/aromatic N) is 1. The highest BCUT2D eigenvalue weighted by atomic mass is 16.7. The van der Waals surface area contributed by atoms with Crippen LogP contribution in [-0.4, -0.2) is 53.9 Å². The third kappa shape index (κ3) is 6.29. The van der Waals surface area contributed by atoms with Gasteiger partial charge in [-0.3, -0.25) is 19.2 Å². The van der Waals surface area contributed by atoms with Crippen LogP contribution >= 0.6 is 0 Å². The summed E-state index contributed by atoms with van der Waals surface area (Å²) in [5.41, 5.74) is -1.09. The Bertz CT molecular complexity index is 1240. The third-order valence-corrected chi connectivity index (χ3v) is 9.35. The lowest BCUT2D eigenvalue weighted by Gasteiger charge is -2.53. The maximum Gasteiger partial charge on any atom is 0.324 e. The van der Waals surface area contributed by atoms with E-state index in [1.165, 1.54) is 0 Å². The Morgan fingerprint density at radius 2 is 1.27 bits per heavy atom. The first-order valence-corrected chi connectivity index (χ1v) is 16.0. The number of hydrogen-bond donors (Lipinski definition) is 0. The van der Waals surface area contributed by atoms with Crippen molar-refractivity contribution in [1.82, 2.24) is 5.06 Å². The van der Waals surface area contributed by atoms with E-state index in [1.807, 2.05) is 60.7 Å². The van der Waals surface area contributed by atoms with E-state index in [4.69, 9.17) is 19.0 Å². The molecule has 2 aliphatic rings. The molecule has 4 rings (SSSR count). The average Bonchev–Trinajstić information content (AvgIpc) is 3.35. The minimum Gasteiger partial charge on any atom is -0.466 e. The molecule has 0 bridgehead atoms. The Morgan fingerprint density at radius 3 is 1.77 bits per heavy atom. The molecule has 1 saturated carbocycles. The first-order chi connectivity index (χ1) is 20.9. The lowest BCUT2D eigenvalue weighted by molar-refractivity contribution is -0.319. The second kappa shape index (κ2) is 13.8. The van der Waals surface area contributed by atoms with Gasteiger partial charge < -0.3 is 14.2 Å². The second-order valence-corrected chi connectivity index (χ2v) is 13.1. The van der Waals surface area contributed by atoms with Crippen LogP contribution in [0.2, 0.25) is 0 Å². The van der Waals surface area contributed by atoms with Gasteiger partial charge in [0.2, 0.25) is 0 Å². The Labute approximate surface area is 262 Å². The van der Waals surface area contributed by atoms with E-state index in [1.54, 1.807) is 20.8 Å². The highest BCUT2D eigenvalue weighted by Gasteiger charge is 2.70. The summed E-state index contributed by atoms with van der Waals surface area (Å²) in [5, 5.41) is 2.05. The Balaban J connectivity index is 2.03. The first kappa shape index (κ1) is 33.7. The smallest absolute Gasteiger partial charge is 0.324 e. The summed E-state index contributed by atoms with van der Waals surface area (Å²) in [4.78, 5) is 50.0. The molecule has 0 N–H and O–H groups in total. The first-order valence-electron chi connectivity index (χ1n) is 16.0. The Kier molecular flexibility index (Phi) is 10.6. The van der Waals surface area contributed by atoms with Crippen molar-refractivity contribution in [3.05, 3.63) is 71.8 Å². The third-order valence-electron chi connectivity index (χ3n) is 9.35. The van der Waals surface area contributed by atoms with Crippen molar-refractivity contribution in [2.24, 2.45) is 17.3 Å². The van der Waals surface area contributed by atoms with E-state index in [2.05, 4.69) is 32.8 Å². The molecule has 1 heterocycles. The van der Waals surface area contributed by atoms with E-state index in [-0.39, 0.29) is 37.3 Å². The number of ether oxygens (including phenoxy) is 3. The zero-order chi connectivity index (χ0) is 32.1. The van der Waals surface area contributed by atoms with E-state index < -0.39 is 47.2 Å². The van der Waals surface area contributed by atoms with Crippen LogP contribution in [0, 0.1) is 17.3 Å². The number of esters is 3. The zero-order valence-electron chi connectivity index (χ0n) is 27.3. The van der Waals surface area contributed by atoms with Gasteiger partial charge in [-0.1, -0.05) is 60.7 Å². The summed E-state index contributed by atoms with van der Waals surface area (Å²) < 4.78 is 17.1. The van der Waals surface area contributed by atoms with E-state index in [0.717, 1.165) is 24.8 Å². The summed E-state index contributed by atoms with van der Waals surface area (Å²) in [7, 11) is 0. The number of carbonyl (C=O) groups is 3. The molecule has 44 heavy (non-hydrogen) atoms. The van der Waals surface area contributed by atoms with Crippen LogP contribution < -0.4 is 0 Å². The highest BCUT2D eigenvalue weighted by Crippen LogP contribution is 2.62. The number of rotatable bonds is 11. The summed E-state index contributed by atoms with van der Waals surface area (Å²) in [5.74, 6) is -4.45. The van der Waals surface area contributed by atoms with Gasteiger partial charge in [0.05, 0.1) is 25.7 Å². The van der Waals surface area contributed by atoms with Crippen LogP contribution in [0.4, 0.5) is 0 Å². The lowest BCUT2D eigenvalue weighted by atomic mass is 9.65. The van der Waals surface area contributed by atoms with Crippen molar-refractivity contribution in [2.75, 3.05) is 19.8 Å². The molecule has 0 spiro atoms. The fourth-order valence-corrected chi connectivity index (χ4v) is 7.67. The van der Waals surface area contributed by atoms with Gasteiger partial charge in [-0.05, 0) is 85.3 Å². The Hall–Kier alpha value is -3.23. The molecule has 0 amide bonds. The molecule has 2 fully saturated rings. The van der Waals surface area contributed by atoms with Crippen LogP contribution in [-0.2, 0) is 33.4 Å². The van der Waals surface area contributed by atoms with Gasteiger partial charge in [-0.15, -0.1) is 0 Å². The normalized spacial score (nSPS) is 24.7. The second-order valence-electron chi connectivity index (χ2n) is 13.1. The van der Waals surface area contributed by atoms with Gasteiger partial charge in [0, 0.05) is 22.9 Å². The minimum absolute atomic E-state index is 0.0569. The summed E-state index contributed by atoms with van der Waals surface area (Å²) in [6.45, 7) is 14.1. The fourth-order valence-electron chi connectivity index (χ4n) is 7.67. The summed E-state index contributed by atoms with van der Waals surface area (Å²) >= 11 is 0. The highest BCUT2D eigenvalue weighted by molar-refractivity contribution is 6.03. The van der Waals surface area contributed by atoms with Gasteiger partial charge in [-0.25, -0.2) is 0 Å². The van der Waals surface area contributed by atoms with Gasteiger partial charge >= 0.3 is 17.9 Å². The van der Waals surface area contributed by atoms with Crippen LogP contribution in [0.5, 0.6) is 0 Å². The molecule has 4 atom stereocenters. The molecule has 8 heteroatoms. The van der Waals surface area contributed by atoms with Crippen molar-refractivity contribution in [3.63, 3.8) is 0 Å². The number of carbonyl (C=O) groups excluding carboxylic acids is 3. The topological polar surface area (TPSA) is 91.4 Å². The molecule has 2 aromatic rings. The number of piperidine rings is 1. The fraction of sp³-hybridized carbons (Fsp3) is 0.583. The number of benzene rings is 2. The van der Waals surface area contributed by atoms with Crippen molar-refractivity contribution < 1.29 is 33.4 Å². The van der Waals surface area contributed by atoms with Crippen molar-refractivity contribution in [2.45, 2.75) is 97.2 Å². The lowest BCUT2D eigenvalue weighted by Crippen LogP contribution is -2.59. The molecule has 1 aliphatic heterocycles. The maximum atomic E-state index is 14.5. The minimum atomic E-state index is -1.89. The molecular formula is C36H49NO7. The molecular weight excluding hydrogens is 558 g/mol. The van der Waals surface area contributed by atoms with E-state index >= 15 is 0 Å². The Morgan fingerprint density at radius 1 is 0.773 bits per heavy atom. The maximum absolute atomic E-state index is 14.5. The van der Waals surface area contributed by atoms with Crippen LogP contribution in [0.15, 0.2) is 60.7 Å². The zero-order valence-corrected chi connectivity index (χ0v) is 27.3. The predicted octanol–water partition coefficient (Wildman–Crippen LogP) is 6.80. The van der Waals surface area contributed by atoms with Crippen LogP contribution in [0.25, 0.3) is 0 Å². The van der Waals surface area contributed by atoms with Crippen LogP contribution in [0.3, 0.4) is 0 Å². The van der Waals surface area contributed by atoms with E-state index in [0.29, 0.717) is 5.56 Å². The van der Waals surface area contributed by atoms with Crippen molar-refractivity contribution >= 4 is 17.9 Å². The predicted molar refractivity (Wildman–Crippen MR) is 167 cm³/mol. The van der Waals surface area contributed by atoms with E-state index in [9.17, 15) is 14.4 Å². The molecule has 240 valence electrons. The monoisotopic (exact) mass is 607 g/mol. The SMILES string of the molecule is CCOC(=O)[C@H]1C[C@H]([C@@H](ON2C(C)(C)CCCC2(C)C)c2ccccc2)C(C(=O)OCC)(C(=O)OCC)[C@@H]1c1ccccc1. The molecule has 0 radical (unpaired) electrons.